The van der Waals surface area contributed by atoms with Gasteiger partial charge in [-0.3, -0.25) is 8.98 Å². The maximum absolute atomic E-state index is 12.8. The number of hydrogen-bond acceptors (Lipinski definition) is 7. The Morgan fingerprint density at radius 3 is 2.43 bits per heavy atom. The summed E-state index contributed by atoms with van der Waals surface area (Å²) in [6.07, 6.45) is 2.37. The van der Waals surface area contributed by atoms with E-state index in [1.54, 1.807) is 29.9 Å². The van der Waals surface area contributed by atoms with Crippen molar-refractivity contribution in [2.24, 2.45) is 5.92 Å². The minimum absolute atomic E-state index is 0.0806. The lowest BCUT2D eigenvalue weighted by molar-refractivity contribution is 0.0883. The highest BCUT2D eigenvalue weighted by atomic mass is 32.2. The maximum atomic E-state index is 12.8. The van der Waals surface area contributed by atoms with Crippen molar-refractivity contribution < 1.29 is 26.9 Å². The number of carbonyl (C=O) groups is 1. The molecule has 1 aliphatic rings. The zero-order valence-electron chi connectivity index (χ0n) is 21.0. The number of ether oxygens (including phenoxy) is 2. The molecule has 10 heteroatoms. The molecule has 1 aromatic heterocycles. The lowest BCUT2D eigenvalue weighted by Crippen LogP contribution is -2.42. The second-order valence-corrected chi connectivity index (χ2v) is 11.0. The zero-order valence-corrected chi connectivity index (χ0v) is 21.8. The molecule has 1 N–H and O–H groups in total. The van der Waals surface area contributed by atoms with Crippen LogP contribution in [0.2, 0.25) is 0 Å². The van der Waals surface area contributed by atoms with Gasteiger partial charge in [-0.1, -0.05) is 30.3 Å². The quantitative estimate of drug-likeness (QED) is 0.420. The monoisotopic (exact) mass is 528 g/mol. The van der Waals surface area contributed by atoms with Crippen molar-refractivity contribution >= 4 is 27.1 Å². The first kappa shape index (κ1) is 26.7. The first-order chi connectivity index (χ1) is 17.7. The fourth-order valence-corrected chi connectivity index (χ4v) is 5.48. The summed E-state index contributed by atoms with van der Waals surface area (Å²) in [5.41, 5.74) is 1.30. The number of fused-ring (bicyclic) bond motifs is 1. The van der Waals surface area contributed by atoms with Crippen molar-refractivity contribution in [1.82, 2.24) is 9.88 Å². The Morgan fingerprint density at radius 2 is 1.76 bits per heavy atom. The van der Waals surface area contributed by atoms with E-state index in [1.807, 2.05) is 36.4 Å². The van der Waals surface area contributed by atoms with Gasteiger partial charge in [-0.05, 0) is 60.7 Å². The number of methoxy groups -OCH3 is 1. The largest absolute Gasteiger partial charge is 0.497 e. The van der Waals surface area contributed by atoms with Crippen LogP contribution in [-0.4, -0.2) is 44.6 Å². The Balaban J connectivity index is 1.43. The molecular weight excluding hydrogens is 496 g/mol. The molecule has 1 aliphatic carbocycles. The highest BCUT2D eigenvalue weighted by Gasteiger charge is 2.32. The van der Waals surface area contributed by atoms with Gasteiger partial charge in [-0.25, -0.2) is 4.79 Å². The molecule has 1 amide bonds. The van der Waals surface area contributed by atoms with Gasteiger partial charge < -0.3 is 19.4 Å². The van der Waals surface area contributed by atoms with Crippen molar-refractivity contribution in [3.8, 4) is 5.75 Å². The van der Waals surface area contributed by atoms with Crippen LogP contribution in [0.3, 0.4) is 0 Å². The summed E-state index contributed by atoms with van der Waals surface area (Å²) in [6, 6.07) is 18.0. The van der Waals surface area contributed by atoms with Crippen LogP contribution < -0.4 is 15.6 Å². The molecule has 9 nitrogen and oxygen atoms in total. The van der Waals surface area contributed by atoms with Gasteiger partial charge in [-0.2, -0.15) is 8.42 Å². The lowest BCUT2D eigenvalue weighted by atomic mass is 9.82. The number of nitrogens with one attached hydrogen (secondary N) is 1. The number of pyridine rings is 1. The third kappa shape index (κ3) is 7.33. The van der Waals surface area contributed by atoms with E-state index >= 15 is 0 Å². The van der Waals surface area contributed by atoms with Gasteiger partial charge in [0.2, 0.25) is 0 Å². The molecule has 0 saturated heterocycles. The summed E-state index contributed by atoms with van der Waals surface area (Å²) in [5, 5.41) is 3.74. The van der Waals surface area contributed by atoms with Crippen molar-refractivity contribution in [3.63, 3.8) is 0 Å². The molecule has 0 bridgehead atoms. The highest BCUT2D eigenvalue weighted by Crippen LogP contribution is 2.31. The van der Waals surface area contributed by atoms with Gasteiger partial charge in [-0.15, -0.1) is 0 Å². The van der Waals surface area contributed by atoms with E-state index in [-0.39, 0.29) is 30.7 Å². The minimum atomic E-state index is -3.77. The molecular formula is C27H32N2O7S. The van der Waals surface area contributed by atoms with E-state index in [1.165, 1.54) is 6.07 Å². The van der Waals surface area contributed by atoms with Gasteiger partial charge in [0.25, 0.3) is 15.7 Å². The topological polar surface area (TPSA) is 113 Å². The number of hydrogen-bond donors (Lipinski definition) is 1. The van der Waals surface area contributed by atoms with Crippen molar-refractivity contribution in [2.45, 2.75) is 51.0 Å². The molecule has 1 heterocycles. The van der Waals surface area contributed by atoms with Crippen LogP contribution in [0.25, 0.3) is 10.9 Å². The third-order valence-corrected chi connectivity index (χ3v) is 7.29. The summed E-state index contributed by atoms with van der Waals surface area (Å²) in [5.74, 6) is 0.485. The molecule has 4 rings (SSSR count). The third-order valence-electron chi connectivity index (χ3n) is 6.69. The average Bonchev–Trinajstić information content (AvgIpc) is 2.88. The van der Waals surface area contributed by atoms with Crippen LogP contribution in [0, 0.1) is 5.92 Å². The molecule has 3 aromatic rings. The standard InChI is InChI=1S/C27H32N2O7S/c1-34-23-14-10-20-11-15-26(30)29(24(20)16-23)17-25(36-37(2,32)33)21-8-12-22(13-9-21)28-27(31)35-18-19-6-4-3-5-7-19/h3-7,10-11,14-16,21-22,25H,8-9,12-13,17-18H2,1-2H3,(H,28,31). The van der Waals surface area contributed by atoms with Crippen LogP contribution in [0.5, 0.6) is 5.75 Å². The summed E-state index contributed by atoms with van der Waals surface area (Å²) < 4.78 is 41.9. The van der Waals surface area contributed by atoms with Crippen molar-refractivity contribution in [1.29, 1.82) is 0 Å². The van der Waals surface area contributed by atoms with Gasteiger partial charge in [0.05, 0.1) is 31.5 Å². The van der Waals surface area contributed by atoms with Crippen LogP contribution in [-0.2, 0) is 32.2 Å². The van der Waals surface area contributed by atoms with E-state index in [2.05, 4.69) is 5.32 Å². The molecule has 0 spiro atoms. The van der Waals surface area contributed by atoms with E-state index in [0.717, 1.165) is 17.2 Å². The predicted molar refractivity (Wildman–Crippen MR) is 140 cm³/mol. The van der Waals surface area contributed by atoms with E-state index < -0.39 is 22.3 Å². The number of aromatic nitrogens is 1. The van der Waals surface area contributed by atoms with Gasteiger partial charge in [0.15, 0.2) is 0 Å². The molecule has 1 unspecified atom stereocenters. The molecule has 2 aromatic carbocycles. The smallest absolute Gasteiger partial charge is 0.407 e. The fourth-order valence-electron chi connectivity index (χ4n) is 4.81. The summed E-state index contributed by atoms with van der Waals surface area (Å²) in [4.78, 5) is 25.1. The Morgan fingerprint density at radius 1 is 1.05 bits per heavy atom. The lowest BCUT2D eigenvalue weighted by Gasteiger charge is -2.33. The van der Waals surface area contributed by atoms with Crippen molar-refractivity contribution in [2.75, 3.05) is 13.4 Å². The molecule has 1 atom stereocenters. The molecule has 1 saturated carbocycles. The van der Waals surface area contributed by atoms with E-state index in [4.69, 9.17) is 13.7 Å². The molecule has 1 fully saturated rings. The maximum Gasteiger partial charge on any atom is 0.407 e. The Kier molecular flexibility index (Phi) is 8.50. The van der Waals surface area contributed by atoms with Crippen LogP contribution in [0.15, 0.2) is 65.5 Å². The molecule has 37 heavy (non-hydrogen) atoms. The normalized spacial score (nSPS) is 18.8. The average molecular weight is 529 g/mol. The Labute approximate surface area is 216 Å². The number of carbonyl (C=O) groups excluding carboxylic acids is 1. The van der Waals surface area contributed by atoms with Gasteiger partial charge in [0, 0.05) is 18.2 Å². The second kappa shape index (κ2) is 11.8. The Bertz CT molecular complexity index is 1380. The fraction of sp³-hybridized carbons (Fsp3) is 0.407. The first-order valence-corrected chi connectivity index (χ1v) is 14.1. The summed E-state index contributed by atoms with van der Waals surface area (Å²) >= 11 is 0. The van der Waals surface area contributed by atoms with E-state index in [9.17, 15) is 18.0 Å². The summed E-state index contributed by atoms with van der Waals surface area (Å²) in [7, 11) is -2.22. The SMILES string of the molecule is COc1ccc2ccc(=O)n(CC(OS(C)(=O)=O)C3CCC(NC(=O)OCc4ccccc4)CC3)c2c1. The van der Waals surface area contributed by atoms with Gasteiger partial charge >= 0.3 is 6.09 Å². The highest BCUT2D eigenvalue weighted by molar-refractivity contribution is 7.86. The van der Waals surface area contributed by atoms with Gasteiger partial charge in [0.1, 0.15) is 12.4 Å². The second-order valence-electron chi connectivity index (χ2n) is 9.36. The van der Waals surface area contributed by atoms with Crippen LogP contribution in [0.4, 0.5) is 4.79 Å². The van der Waals surface area contributed by atoms with Crippen LogP contribution >= 0.6 is 0 Å². The first-order valence-electron chi connectivity index (χ1n) is 12.2. The molecule has 0 radical (unpaired) electrons. The van der Waals surface area contributed by atoms with E-state index in [0.29, 0.717) is 36.9 Å². The number of amides is 1. The predicted octanol–water partition coefficient (Wildman–Crippen LogP) is 3.84. The number of rotatable bonds is 9. The van der Waals surface area contributed by atoms with Crippen LogP contribution in [0.1, 0.15) is 31.2 Å². The summed E-state index contributed by atoms with van der Waals surface area (Å²) in [6.45, 7) is 0.273. The number of alkyl carbamates (subject to hydrolysis) is 1. The Hall–Kier alpha value is -3.37. The molecule has 198 valence electrons. The number of nitrogens with zero attached hydrogens (tertiary/aromatic N) is 1. The number of benzene rings is 2. The van der Waals surface area contributed by atoms with Crippen molar-refractivity contribution in [3.05, 3.63) is 76.6 Å². The zero-order chi connectivity index (χ0) is 26.4. The minimum Gasteiger partial charge on any atom is -0.497 e. The molecule has 0 aliphatic heterocycles.